The van der Waals surface area contributed by atoms with E-state index in [1.807, 2.05) is 13.8 Å². The van der Waals surface area contributed by atoms with Gasteiger partial charge in [0.15, 0.2) is 11.5 Å². The second kappa shape index (κ2) is 6.76. The highest BCUT2D eigenvalue weighted by Gasteiger charge is 2.29. The third-order valence-electron chi connectivity index (χ3n) is 3.86. The maximum Gasteiger partial charge on any atom is 0.276 e. The fourth-order valence-electron chi connectivity index (χ4n) is 2.86. The van der Waals surface area contributed by atoms with Crippen LogP contribution in [0, 0.1) is 10.1 Å². The molecule has 2 rings (SSSR count). The van der Waals surface area contributed by atoms with Crippen molar-refractivity contribution in [2.45, 2.75) is 39.2 Å². The molecular weight excluding hydrogens is 272 g/mol. The maximum atomic E-state index is 11.4. The maximum absolute atomic E-state index is 11.4. The number of likely N-dealkylation sites (N-methyl/N-ethyl adjacent to an activating group) is 1. The molecule has 0 amide bonds. The second-order valence-corrected chi connectivity index (χ2v) is 5.17. The summed E-state index contributed by atoms with van der Waals surface area (Å²) >= 11 is 0. The van der Waals surface area contributed by atoms with E-state index in [1.165, 1.54) is 6.07 Å². The van der Waals surface area contributed by atoms with Crippen molar-refractivity contribution >= 4 is 5.69 Å². The molecule has 0 saturated heterocycles. The van der Waals surface area contributed by atoms with Crippen molar-refractivity contribution < 1.29 is 14.4 Å². The van der Waals surface area contributed by atoms with E-state index < -0.39 is 0 Å². The van der Waals surface area contributed by atoms with Gasteiger partial charge in [-0.25, -0.2) is 0 Å². The molecule has 2 unspecified atom stereocenters. The summed E-state index contributed by atoms with van der Waals surface area (Å²) in [6, 6.07) is 3.42. The number of fused-ring (bicyclic) bond motifs is 1. The number of nitro groups is 1. The number of hydrogen-bond acceptors (Lipinski definition) is 5. The largest absolute Gasteiger partial charge is 0.486 e. The van der Waals surface area contributed by atoms with Crippen molar-refractivity contribution in [1.29, 1.82) is 0 Å². The number of nitrogens with one attached hydrogen (secondary N) is 1. The molecule has 21 heavy (non-hydrogen) atoms. The van der Waals surface area contributed by atoms with Crippen LogP contribution in [0.15, 0.2) is 12.1 Å². The molecule has 0 aromatic heterocycles. The lowest BCUT2D eigenvalue weighted by Gasteiger charge is -2.26. The summed E-state index contributed by atoms with van der Waals surface area (Å²) in [6.45, 7) is 7.85. The number of rotatable bonds is 6. The van der Waals surface area contributed by atoms with Crippen LogP contribution in [0.4, 0.5) is 5.69 Å². The van der Waals surface area contributed by atoms with Gasteiger partial charge in [-0.1, -0.05) is 13.8 Å². The van der Waals surface area contributed by atoms with Crippen LogP contribution in [-0.2, 0) is 0 Å². The molecule has 0 fully saturated rings. The van der Waals surface area contributed by atoms with Crippen molar-refractivity contribution in [3.05, 3.63) is 27.8 Å². The Hall–Kier alpha value is -1.82. The molecule has 0 spiro atoms. The molecule has 1 aliphatic rings. The van der Waals surface area contributed by atoms with Crippen LogP contribution in [-0.4, -0.2) is 30.7 Å². The van der Waals surface area contributed by atoms with Crippen molar-refractivity contribution in [3.8, 4) is 11.5 Å². The zero-order valence-electron chi connectivity index (χ0n) is 12.7. The summed E-state index contributed by atoms with van der Waals surface area (Å²) in [4.78, 5) is 11.1. The Balaban J connectivity index is 2.46. The number of nitrogens with zero attached hydrogens (tertiary/aromatic N) is 1. The van der Waals surface area contributed by atoms with Crippen LogP contribution >= 0.6 is 0 Å². The SMILES string of the molecule is CCNC(C)C(CC)c1cc2c(cc1[N+](=O)[O-])OCCO2. The highest BCUT2D eigenvalue weighted by Crippen LogP contribution is 2.41. The Morgan fingerprint density at radius 3 is 2.43 bits per heavy atom. The molecule has 0 saturated carbocycles. The Bertz CT molecular complexity index is 519. The molecule has 1 aromatic rings. The molecule has 1 aromatic carbocycles. The van der Waals surface area contributed by atoms with E-state index in [0.717, 1.165) is 13.0 Å². The van der Waals surface area contributed by atoms with Gasteiger partial charge in [0.05, 0.1) is 11.0 Å². The van der Waals surface area contributed by atoms with E-state index in [-0.39, 0.29) is 22.6 Å². The molecule has 0 aliphatic carbocycles. The van der Waals surface area contributed by atoms with Gasteiger partial charge >= 0.3 is 0 Å². The Kier molecular flexibility index (Phi) is 5.01. The summed E-state index contributed by atoms with van der Waals surface area (Å²) in [5.41, 5.74) is 0.816. The van der Waals surface area contributed by atoms with Crippen molar-refractivity contribution in [2.75, 3.05) is 19.8 Å². The lowest BCUT2D eigenvalue weighted by atomic mass is 9.88. The zero-order valence-corrected chi connectivity index (χ0v) is 12.7. The first-order valence-corrected chi connectivity index (χ1v) is 7.39. The molecule has 2 atom stereocenters. The third kappa shape index (κ3) is 3.26. The van der Waals surface area contributed by atoms with E-state index in [2.05, 4.69) is 12.2 Å². The normalized spacial score (nSPS) is 16.3. The first-order chi connectivity index (χ1) is 10.1. The quantitative estimate of drug-likeness (QED) is 0.645. The van der Waals surface area contributed by atoms with E-state index >= 15 is 0 Å². The number of hydrogen-bond donors (Lipinski definition) is 1. The van der Waals surface area contributed by atoms with Crippen LogP contribution in [0.1, 0.15) is 38.7 Å². The molecule has 6 nitrogen and oxygen atoms in total. The minimum atomic E-state index is -0.338. The lowest BCUT2D eigenvalue weighted by molar-refractivity contribution is -0.385. The summed E-state index contributed by atoms with van der Waals surface area (Å²) in [5, 5.41) is 14.7. The second-order valence-electron chi connectivity index (χ2n) is 5.17. The van der Waals surface area contributed by atoms with Crippen LogP contribution in [0.25, 0.3) is 0 Å². The predicted octanol–water partition coefficient (Wildman–Crippen LogP) is 2.86. The van der Waals surface area contributed by atoms with Gasteiger partial charge in [0.2, 0.25) is 0 Å². The standard InChI is InChI=1S/C15H22N2O4/c1-4-11(10(3)16-5-2)12-8-14-15(21-7-6-20-14)9-13(12)17(18)19/h8-11,16H,4-7H2,1-3H3. The van der Waals surface area contributed by atoms with Crippen LogP contribution < -0.4 is 14.8 Å². The first-order valence-electron chi connectivity index (χ1n) is 7.39. The average molecular weight is 294 g/mol. The van der Waals surface area contributed by atoms with E-state index in [1.54, 1.807) is 6.07 Å². The Morgan fingerprint density at radius 1 is 1.29 bits per heavy atom. The summed E-state index contributed by atoms with van der Waals surface area (Å²) in [6.07, 6.45) is 0.814. The number of benzene rings is 1. The molecule has 1 aliphatic heterocycles. The summed E-state index contributed by atoms with van der Waals surface area (Å²) < 4.78 is 11.0. The smallest absolute Gasteiger partial charge is 0.276 e. The van der Waals surface area contributed by atoms with E-state index in [4.69, 9.17) is 9.47 Å². The van der Waals surface area contributed by atoms with Gasteiger partial charge in [0.25, 0.3) is 5.69 Å². The van der Waals surface area contributed by atoms with Crippen molar-refractivity contribution in [1.82, 2.24) is 5.32 Å². The molecule has 116 valence electrons. The number of nitro benzene ring substituents is 1. The fraction of sp³-hybridized carbons (Fsp3) is 0.600. The summed E-state index contributed by atoms with van der Waals surface area (Å²) in [7, 11) is 0. The Morgan fingerprint density at radius 2 is 1.90 bits per heavy atom. The van der Waals surface area contributed by atoms with Gasteiger partial charge < -0.3 is 14.8 Å². The minimum Gasteiger partial charge on any atom is -0.486 e. The first kappa shape index (κ1) is 15.6. The van der Waals surface area contributed by atoms with Gasteiger partial charge in [-0.15, -0.1) is 0 Å². The molecular formula is C15H22N2O4. The number of ether oxygens (including phenoxy) is 2. The third-order valence-corrected chi connectivity index (χ3v) is 3.86. The van der Waals surface area contributed by atoms with Crippen LogP contribution in [0.5, 0.6) is 11.5 Å². The van der Waals surface area contributed by atoms with E-state index in [0.29, 0.717) is 30.3 Å². The van der Waals surface area contributed by atoms with Gasteiger partial charge in [-0.3, -0.25) is 10.1 Å². The predicted molar refractivity (Wildman–Crippen MR) is 80.3 cm³/mol. The van der Waals surface area contributed by atoms with Gasteiger partial charge in [-0.05, 0) is 26.0 Å². The minimum absolute atomic E-state index is 0.0566. The highest BCUT2D eigenvalue weighted by molar-refractivity contribution is 5.56. The molecule has 0 bridgehead atoms. The van der Waals surface area contributed by atoms with Crippen molar-refractivity contribution in [2.24, 2.45) is 0 Å². The van der Waals surface area contributed by atoms with Gasteiger partial charge in [0.1, 0.15) is 13.2 Å². The van der Waals surface area contributed by atoms with Crippen LogP contribution in [0.3, 0.4) is 0 Å². The van der Waals surface area contributed by atoms with Gasteiger partial charge in [0, 0.05) is 17.5 Å². The topological polar surface area (TPSA) is 73.6 Å². The monoisotopic (exact) mass is 294 g/mol. The molecule has 1 N–H and O–H groups in total. The molecule has 6 heteroatoms. The molecule has 1 heterocycles. The highest BCUT2D eigenvalue weighted by atomic mass is 16.6. The fourth-order valence-corrected chi connectivity index (χ4v) is 2.86. The van der Waals surface area contributed by atoms with E-state index in [9.17, 15) is 10.1 Å². The lowest BCUT2D eigenvalue weighted by Crippen LogP contribution is -2.32. The van der Waals surface area contributed by atoms with Crippen molar-refractivity contribution in [3.63, 3.8) is 0 Å². The molecule has 0 radical (unpaired) electrons. The average Bonchev–Trinajstić information content (AvgIpc) is 2.47. The zero-order chi connectivity index (χ0) is 15.4. The Labute approximate surface area is 124 Å². The van der Waals surface area contributed by atoms with Gasteiger partial charge in [-0.2, -0.15) is 0 Å². The van der Waals surface area contributed by atoms with Crippen LogP contribution in [0.2, 0.25) is 0 Å². The summed E-state index contributed by atoms with van der Waals surface area (Å²) in [5.74, 6) is 1.12.